The summed E-state index contributed by atoms with van der Waals surface area (Å²) >= 11 is 0. The van der Waals surface area contributed by atoms with Crippen molar-refractivity contribution in [3.05, 3.63) is 0 Å². The van der Waals surface area contributed by atoms with Gasteiger partial charge in [-0.2, -0.15) is 0 Å². The molecule has 0 aliphatic rings. The van der Waals surface area contributed by atoms with Crippen molar-refractivity contribution < 1.29 is 19.5 Å². The van der Waals surface area contributed by atoms with Gasteiger partial charge >= 0.3 is 12.0 Å². The molecule has 21 heavy (non-hydrogen) atoms. The molecule has 0 atom stereocenters. The van der Waals surface area contributed by atoms with Crippen LogP contribution in [0.2, 0.25) is 0 Å². The quantitative estimate of drug-likeness (QED) is 0.765. The summed E-state index contributed by atoms with van der Waals surface area (Å²) in [4.78, 5) is 38.1. The number of hydrogen-bond donors (Lipinski definition) is 2. The number of urea groups is 1. The van der Waals surface area contributed by atoms with E-state index in [4.69, 9.17) is 0 Å². The molecule has 0 saturated carbocycles. The van der Waals surface area contributed by atoms with Crippen molar-refractivity contribution in [1.29, 1.82) is 0 Å². The molecule has 0 rings (SSSR count). The lowest BCUT2D eigenvalue weighted by atomic mass is 9.74. The summed E-state index contributed by atoms with van der Waals surface area (Å²) in [7, 11) is 3.23. The molecule has 0 aromatic rings. The fraction of sp³-hybridized carbons (Fsp3) is 0.786. The van der Waals surface area contributed by atoms with Gasteiger partial charge in [0.25, 0.3) is 0 Å². The highest BCUT2D eigenvalue weighted by molar-refractivity contribution is 5.85. The van der Waals surface area contributed by atoms with E-state index in [1.54, 1.807) is 48.7 Å². The first kappa shape index (κ1) is 19.2. The number of rotatable bonds is 6. The summed E-state index contributed by atoms with van der Waals surface area (Å²) in [6.45, 7) is 8.49. The highest BCUT2D eigenvalue weighted by Gasteiger charge is 2.45. The molecule has 0 aromatic carbocycles. The molecule has 0 unspecified atom stereocenters. The summed E-state index contributed by atoms with van der Waals surface area (Å²) in [5, 5.41) is 12.0. The van der Waals surface area contributed by atoms with Gasteiger partial charge in [0.1, 0.15) is 6.54 Å². The van der Waals surface area contributed by atoms with Crippen LogP contribution < -0.4 is 5.32 Å². The molecule has 0 fully saturated rings. The zero-order valence-electron chi connectivity index (χ0n) is 14.0. The smallest absolute Gasteiger partial charge is 0.318 e. The molecule has 0 radical (unpaired) electrons. The van der Waals surface area contributed by atoms with E-state index < -0.39 is 23.0 Å². The van der Waals surface area contributed by atoms with Crippen molar-refractivity contribution >= 4 is 17.9 Å². The second kappa shape index (κ2) is 6.78. The van der Waals surface area contributed by atoms with Crippen molar-refractivity contribution in [1.82, 2.24) is 15.1 Å². The Morgan fingerprint density at radius 2 is 1.57 bits per heavy atom. The minimum absolute atomic E-state index is 0.0427. The summed E-state index contributed by atoms with van der Waals surface area (Å²) < 4.78 is 0. The predicted molar refractivity (Wildman–Crippen MR) is 80.0 cm³/mol. The third-order valence-electron chi connectivity index (χ3n) is 4.01. The lowest BCUT2D eigenvalue weighted by Gasteiger charge is -2.40. The third kappa shape index (κ3) is 4.61. The van der Waals surface area contributed by atoms with Gasteiger partial charge in [0.2, 0.25) is 5.91 Å². The predicted octanol–water partition coefficient (Wildman–Crippen LogP) is 0.996. The molecule has 2 N–H and O–H groups in total. The van der Waals surface area contributed by atoms with Crippen LogP contribution in [0.5, 0.6) is 0 Å². The SMILES string of the molecule is CCN(CC(=O)N(C)C)C(=O)NC(C)(C)C(C)(C)C(=O)O. The molecule has 3 amide bonds. The number of likely N-dealkylation sites (N-methyl/N-ethyl adjacent to an activating group) is 2. The van der Waals surface area contributed by atoms with Gasteiger partial charge in [0, 0.05) is 20.6 Å². The summed E-state index contributed by atoms with van der Waals surface area (Å²) in [6.07, 6.45) is 0. The second-order valence-electron chi connectivity index (χ2n) is 6.29. The fourth-order valence-electron chi connectivity index (χ4n) is 1.40. The minimum Gasteiger partial charge on any atom is -0.481 e. The van der Waals surface area contributed by atoms with Crippen LogP contribution in [0.15, 0.2) is 0 Å². The molecular formula is C14H27N3O4. The monoisotopic (exact) mass is 301 g/mol. The van der Waals surface area contributed by atoms with E-state index in [2.05, 4.69) is 5.32 Å². The van der Waals surface area contributed by atoms with Crippen molar-refractivity contribution in [3.63, 3.8) is 0 Å². The van der Waals surface area contributed by atoms with E-state index in [1.165, 1.54) is 9.80 Å². The van der Waals surface area contributed by atoms with Crippen molar-refractivity contribution in [3.8, 4) is 0 Å². The maximum atomic E-state index is 12.3. The fourth-order valence-corrected chi connectivity index (χ4v) is 1.40. The summed E-state index contributed by atoms with van der Waals surface area (Å²) in [6, 6.07) is -0.452. The van der Waals surface area contributed by atoms with Crippen LogP contribution in [0.3, 0.4) is 0 Å². The van der Waals surface area contributed by atoms with Crippen LogP contribution in [-0.2, 0) is 9.59 Å². The van der Waals surface area contributed by atoms with Gasteiger partial charge in [-0.3, -0.25) is 9.59 Å². The summed E-state index contributed by atoms with van der Waals surface area (Å²) in [5.74, 6) is -1.19. The Kier molecular flexibility index (Phi) is 6.20. The molecule has 0 aliphatic carbocycles. The Bertz CT molecular complexity index is 416. The first-order valence-electron chi connectivity index (χ1n) is 6.87. The number of nitrogens with one attached hydrogen (secondary N) is 1. The number of amides is 3. The van der Waals surface area contributed by atoms with Crippen LogP contribution in [0.4, 0.5) is 4.79 Å². The Hall–Kier alpha value is -1.79. The van der Waals surface area contributed by atoms with E-state index in [0.717, 1.165) is 0 Å². The largest absolute Gasteiger partial charge is 0.481 e. The van der Waals surface area contributed by atoms with Crippen molar-refractivity contribution in [2.45, 2.75) is 40.2 Å². The molecule has 0 saturated heterocycles. The van der Waals surface area contributed by atoms with Crippen molar-refractivity contribution in [2.75, 3.05) is 27.2 Å². The van der Waals surface area contributed by atoms with E-state index in [-0.39, 0.29) is 12.5 Å². The van der Waals surface area contributed by atoms with Gasteiger partial charge in [-0.1, -0.05) is 0 Å². The molecule has 0 spiro atoms. The normalized spacial score (nSPS) is 11.8. The number of carbonyl (C=O) groups is 3. The first-order valence-corrected chi connectivity index (χ1v) is 6.87. The van der Waals surface area contributed by atoms with Crippen LogP contribution >= 0.6 is 0 Å². The topological polar surface area (TPSA) is 90.0 Å². The number of aliphatic carboxylic acids is 1. The van der Waals surface area contributed by atoms with Crippen LogP contribution in [0.25, 0.3) is 0 Å². The van der Waals surface area contributed by atoms with E-state index in [9.17, 15) is 19.5 Å². The molecule has 0 aromatic heterocycles. The molecule has 0 heterocycles. The van der Waals surface area contributed by atoms with Gasteiger partial charge in [-0.25, -0.2) is 4.79 Å². The van der Waals surface area contributed by atoms with Gasteiger partial charge in [-0.05, 0) is 34.6 Å². The zero-order chi connectivity index (χ0) is 17.0. The molecule has 0 aliphatic heterocycles. The highest BCUT2D eigenvalue weighted by Crippen LogP contribution is 2.30. The van der Waals surface area contributed by atoms with Gasteiger partial charge < -0.3 is 20.2 Å². The highest BCUT2D eigenvalue weighted by atomic mass is 16.4. The average molecular weight is 301 g/mol. The standard InChI is InChI=1S/C14H27N3O4/c1-8-17(9-10(18)16(6)7)12(21)15-14(4,5)13(2,3)11(19)20/h8-9H2,1-7H3,(H,15,21)(H,19,20). The first-order chi connectivity index (χ1) is 9.36. The van der Waals surface area contributed by atoms with E-state index in [1.807, 2.05) is 0 Å². The Balaban J connectivity index is 5.01. The second-order valence-corrected chi connectivity index (χ2v) is 6.29. The van der Waals surface area contributed by atoms with Gasteiger partial charge in [0.15, 0.2) is 0 Å². The Morgan fingerprint density at radius 1 is 1.10 bits per heavy atom. The number of carboxylic acids is 1. The number of nitrogens with zero attached hydrogens (tertiary/aromatic N) is 2. The molecule has 7 nitrogen and oxygen atoms in total. The molecule has 122 valence electrons. The number of carboxylic acid groups (broad SMARTS) is 1. The minimum atomic E-state index is -1.15. The molecular weight excluding hydrogens is 274 g/mol. The number of carbonyl (C=O) groups excluding carboxylic acids is 2. The van der Waals surface area contributed by atoms with Crippen molar-refractivity contribution in [2.24, 2.45) is 5.41 Å². The molecule has 7 heteroatoms. The lowest BCUT2D eigenvalue weighted by Crippen LogP contribution is -2.60. The van der Waals surface area contributed by atoms with E-state index in [0.29, 0.717) is 6.54 Å². The number of hydrogen-bond acceptors (Lipinski definition) is 3. The lowest BCUT2D eigenvalue weighted by molar-refractivity contribution is -0.150. The van der Waals surface area contributed by atoms with Gasteiger partial charge in [0.05, 0.1) is 11.0 Å². The maximum Gasteiger partial charge on any atom is 0.318 e. The zero-order valence-corrected chi connectivity index (χ0v) is 14.0. The van der Waals surface area contributed by atoms with E-state index >= 15 is 0 Å². The van der Waals surface area contributed by atoms with Crippen LogP contribution in [0, 0.1) is 5.41 Å². The maximum absolute atomic E-state index is 12.3. The molecule has 0 bridgehead atoms. The third-order valence-corrected chi connectivity index (χ3v) is 4.01. The van der Waals surface area contributed by atoms with Crippen LogP contribution in [0.1, 0.15) is 34.6 Å². The van der Waals surface area contributed by atoms with Crippen LogP contribution in [-0.4, -0.2) is 65.5 Å². The summed E-state index contributed by atoms with van der Waals surface area (Å²) in [5.41, 5.74) is -2.11. The average Bonchev–Trinajstić information content (AvgIpc) is 2.33. The Labute approximate surface area is 126 Å². The van der Waals surface area contributed by atoms with Gasteiger partial charge in [-0.15, -0.1) is 0 Å². The Morgan fingerprint density at radius 3 is 1.90 bits per heavy atom.